The maximum absolute atomic E-state index is 5.46. The Morgan fingerprint density at radius 1 is 0.383 bits per heavy atom. The van der Waals surface area contributed by atoms with Gasteiger partial charge in [0.2, 0.25) is 5.95 Å². The summed E-state index contributed by atoms with van der Waals surface area (Å²) in [5, 5.41) is 7.10. The molecule has 9 aromatic carbocycles. The fourth-order valence-corrected chi connectivity index (χ4v) is 9.83. The predicted octanol–water partition coefficient (Wildman–Crippen LogP) is 14.2. The number of hydrogen-bond acceptors (Lipinski definition) is 3. The summed E-state index contributed by atoms with van der Waals surface area (Å²) in [6.07, 6.45) is 0. The van der Waals surface area contributed by atoms with E-state index in [1.165, 1.54) is 60.5 Å². The first-order chi connectivity index (χ1) is 29.5. The number of nitrogens with zero attached hydrogens (tertiary/aromatic N) is 4. The van der Waals surface area contributed by atoms with E-state index < -0.39 is 0 Å². The van der Waals surface area contributed by atoms with Crippen LogP contribution in [-0.4, -0.2) is 19.5 Å². The van der Waals surface area contributed by atoms with Crippen LogP contribution in [0.3, 0.4) is 0 Å². The van der Waals surface area contributed by atoms with Crippen LogP contribution in [-0.2, 0) is 5.41 Å². The highest BCUT2D eigenvalue weighted by molar-refractivity contribution is 6.18. The van der Waals surface area contributed by atoms with Gasteiger partial charge in [0.25, 0.3) is 0 Å². The molecule has 4 nitrogen and oxygen atoms in total. The molecule has 0 bridgehead atoms. The van der Waals surface area contributed by atoms with Gasteiger partial charge in [0.15, 0.2) is 11.6 Å². The molecule has 2 aromatic heterocycles. The molecule has 12 rings (SSSR count). The molecule has 0 saturated carbocycles. The minimum absolute atomic E-state index is 0.163. The molecule has 0 spiro atoms. The van der Waals surface area contributed by atoms with Crippen LogP contribution in [0.1, 0.15) is 25.0 Å². The van der Waals surface area contributed by atoms with Gasteiger partial charge in [-0.2, -0.15) is 9.97 Å². The predicted molar refractivity (Wildman–Crippen MR) is 248 cm³/mol. The summed E-state index contributed by atoms with van der Waals surface area (Å²) in [4.78, 5) is 16.2. The second-order valence-corrected chi connectivity index (χ2v) is 16.4. The Balaban J connectivity index is 1.10. The Labute approximate surface area is 348 Å². The van der Waals surface area contributed by atoms with Crippen molar-refractivity contribution < 1.29 is 0 Å². The number of benzene rings is 9. The van der Waals surface area contributed by atoms with Crippen LogP contribution in [0.15, 0.2) is 194 Å². The van der Waals surface area contributed by atoms with E-state index in [4.69, 9.17) is 15.0 Å². The van der Waals surface area contributed by atoms with Crippen molar-refractivity contribution in [2.24, 2.45) is 0 Å². The molecule has 1 aliphatic carbocycles. The molecule has 60 heavy (non-hydrogen) atoms. The molecule has 0 saturated heterocycles. The summed E-state index contributed by atoms with van der Waals surface area (Å²) in [6, 6.07) is 69.5. The van der Waals surface area contributed by atoms with Crippen LogP contribution in [0.25, 0.3) is 105 Å². The van der Waals surface area contributed by atoms with Gasteiger partial charge in [-0.15, -0.1) is 0 Å². The van der Waals surface area contributed by atoms with Gasteiger partial charge in [-0.25, -0.2) is 4.98 Å². The summed E-state index contributed by atoms with van der Waals surface area (Å²) in [5.41, 5.74) is 13.7. The molecule has 11 aromatic rings. The minimum Gasteiger partial charge on any atom is -0.277 e. The monoisotopic (exact) mass is 766 g/mol. The highest BCUT2D eigenvalue weighted by Crippen LogP contribution is 2.52. The summed E-state index contributed by atoms with van der Waals surface area (Å²) in [6.45, 7) is 4.63. The standard InChI is InChI=1S/C56H38N4/c1-56(2)47-26-10-8-22-45(47)51-46(25-14-27-48(51)56)54-57-53(58-55(59-54)60-49-28-11-9-21-43(49)44-34-33-36-17-6-7-20-42(36)52(44)60)39-31-29-37(30-32-39)41-24-13-19-38-18-12-23-40(50(38)41)35-15-4-3-5-16-35/h3-34H,1-2H3. The van der Waals surface area contributed by atoms with E-state index >= 15 is 0 Å². The Kier molecular flexibility index (Phi) is 7.54. The number of rotatable bonds is 5. The van der Waals surface area contributed by atoms with Gasteiger partial charge in [-0.05, 0) is 66.7 Å². The fourth-order valence-electron chi connectivity index (χ4n) is 9.83. The normalized spacial score (nSPS) is 13.0. The lowest BCUT2D eigenvalue weighted by Gasteiger charge is -2.21. The average Bonchev–Trinajstić information content (AvgIpc) is 3.78. The van der Waals surface area contributed by atoms with Crippen LogP contribution < -0.4 is 0 Å². The topological polar surface area (TPSA) is 43.6 Å². The zero-order chi connectivity index (χ0) is 40.0. The molecular formula is C56H38N4. The van der Waals surface area contributed by atoms with Gasteiger partial charge in [-0.1, -0.05) is 202 Å². The maximum atomic E-state index is 5.46. The van der Waals surface area contributed by atoms with E-state index in [0.29, 0.717) is 17.6 Å². The number of aromatic nitrogens is 4. The molecule has 0 fully saturated rings. The van der Waals surface area contributed by atoms with Crippen LogP contribution in [0.2, 0.25) is 0 Å². The van der Waals surface area contributed by atoms with Gasteiger partial charge >= 0.3 is 0 Å². The smallest absolute Gasteiger partial charge is 0.238 e. The lowest BCUT2D eigenvalue weighted by Crippen LogP contribution is -2.14. The summed E-state index contributed by atoms with van der Waals surface area (Å²) < 4.78 is 2.25. The first kappa shape index (κ1) is 34.4. The first-order valence-corrected chi connectivity index (χ1v) is 20.6. The highest BCUT2D eigenvalue weighted by Gasteiger charge is 2.37. The van der Waals surface area contributed by atoms with Crippen molar-refractivity contribution >= 4 is 43.4 Å². The van der Waals surface area contributed by atoms with E-state index in [2.05, 4.69) is 213 Å². The Morgan fingerprint density at radius 3 is 1.78 bits per heavy atom. The molecule has 0 atom stereocenters. The maximum Gasteiger partial charge on any atom is 0.238 e. The third-order valence-corrected chi connectivity index (χ3v) is 12.7. The van der Waals surface area contributed by atoms with Gasteiger partial charge < -0.3 is 0 Å². The summed E-state index contributed by atoms with van der Waals surface area (Å²) >= 11 is 0. The lowest BCUT2D eigenvalue weighted by molar-refractivity contribution is 0.660. The van der Waals surface area contributed by atoms with Crippen molar-refractivity contribution in [1.82, 2.24) is 19.5 Å². The fraction of sp³-hybridized carbons (Fsp3) is 0.0536. The van der Waals surface area contributed by atoms with Crippen molar-refractivity contribution in [2.75, 3.05) is 0 Å². The van der Waals surface area contributed by atoms with E-state index in [9.17, 15) is 0 Å². The molecule has 282 valence electrons. The van der Waals surface area contributed by atoms with Gasteiger partial charge in [0.1, 0.15) is 0 Å². The molecule has 4 heteroatoms. The molecule has 0 radical (unpaired) electrons. The van der Waals surface area contributed by atoms with Crippen molar-refractivity contribution in [3.8, 4) is 62.1 Å². The zero-order valence-corrected chi connectivity index (χ0v) is 33.3. The Bertz CT molecular complexity index is 3500. The highest BCUT2D eigenvalue weighted by atomic mass is 15.2. The largest absolute Gasteiger partial charge is 0.277 e. The van der Waals surface area contributed by atoms with Crippen LogP contribution in [0.4, 0.5) is 0 Å². The SMILES string of the molecule is CC1(C)c2ccccc2-c2c(-c3nc(-c4ccc(-c5cccc6cccc(-c7ccccc7)c56)cc4)nc(-n4c5ccccc5c5ccc6ccccc6c54)n3)cccc21. The van der Waals surface area contributed by atoms with Gasteiger partial charge in [-0.3, -0.25) is 4.57 Å². The second-order valence-electron chi connectivity index (χ2n) is 16.4. The molecule has 1 aliphatic rings. The Hall–Kier alpha value is -7.69. The van der Waals surface area contributed by atoms with Crippen LogP contribution in [0, 0.1) is 0 Å². The Morgan fingerprint density at radius 2 is 0.967 bits per heavy atom. The summed E-state index contributed by atoms with van der Waals surface area (Å²) in [7, 11) is 0. The van der Waals surface area contributed by atoms with E-state index in [0.717, 1.165) is 38.5 Å². The van der Waals surface area contributed by atoms with E-state index in [1.54, 1.807) is 0 Å². The van der Waals surface area contributed by atoms with E-state index in [-0.39, 0.29) is 5.41 Å². The first-order valence-electron chi connectivity index (χ1n) is 20.6. The molecule has 0 N–H and O–H groups in total. The van der Waals surface area contributed by atoms with Gasteiger partial charge in [0.05, 0.1) is 11.0 Å². The number of para-hydroxylation sites is 1. The summed E-state index contributed by atoms with van der Waals surface area (Å²) in [5.74, 6) is 1.86. The zero-order valence-electron chi connectivity index (χ0n) is 33.3. The van der Waals surface area contributed by atoms with Gasteiger partial charge in [0, 0.05) is 32.7 Å². The second kappa shape index (κ2) is 13.2. The van der Waals surface area contributed by atoms with Crippen molar-refractivity contribution in [1.29, 1.82) is 0 Å². The van der Waals surface area contributed by atoms with E-state index in [1.807, 2.05) is 0 Å². The molecule has 0 unspecified atom stereocenters. The third kappa shape index (κ3) is 5.14. The molecule has 2 heterocycles. The molecule has 0 aliphatic heterocycles. The van der Waals surface area contributed by atoms with Crippen molar-refractivity contribution in [2.45, 2.75) is 19.3 Å². The van der Waals surface area contributed by atoms with Crippen LogP contribution >= 0.6 is 0 Å². The van der Waals surface area contributed by atoms with Crippen molar-refractivity contribution in [3.05, 3.63) is 205 Å². The van der Waals surface area contributed by atoms with Crippen LogP contribution in [0.5, 0.6) is 0 Å². The van der Waals surface area contributed by atoms with Crippen molar-refractivity contribution in [3.63, 3.8) is 0 Å². The number of hydrogen-bond donors (Lipinski definition) is 0. The number of fused-ring (bicyclic) bond motifs is 9. The third-order valence-electron chi connectivity index (χ3n) is 12.7. The molecular weight excluding hydrogens is 729 g/mol. The minimum atomic E-state index is -0.163. The lowest BCUT2D eigenvalue weighted by atomic mass is 9.82. The quantitative estimate of drug-likeness (QED) is 0.175. The molecule has 0 amide bonds. The average molecular weight is 767 g/mol.